The predicted molar refractivity (Wildman–Crippen MR) is 85.4 cm³/mol. The van der Waals surface area contributed by atoms with Crippen molar-refractivity contribution in [1.29, 1.82) is 0 Å². The summed E-state index contributed by atoms with van der Waals surface area (Å²) >= 11 is 3.36. The lowest BCUT2D eigenvalue weighted by Gasteiger charge is -2.12. The van der Waals surface area contributed by atoms with Gasteiger partial charge in [0.05, 0.1) is 16.3 Å². The Morgan fingerprint density at radius 3 is 2.70 bits per heavy atom. The number of aryl methyl sites for hydroxylation is 2. The smallest absolute Gasteiger partial charge is 0.184 e. The molecule has 5 heteroatoms. The van der Waals surface area contributed by atoms with Crippen LogP contribution in [-0.2, 0) is 0 Å². The minimum Gasteiger partial charge on any atom is -0.355 e. The van der Waals surface area contributed by atoms with Crippen molar-refractivity contribution in [3.63, 3.8) is 0 Å². The van der Waals surface area contributed by atoms with E-state index < -0.39 is 0 Å². The second-order valence-corrected chi connectivity index (χ2v) is 7.36. The molecule has 0 aliphatic heterocycles. The lowest BCUT2D eigenvalue weighted by Crippen LogP contribution is -2.06. The number of nitrogens with one attached hydrogen (secondary N) is 1. The molecule has 0 saturated heterocycles. The highest BCUT2D eigenvalue weighted by Gasteiger charge is 2.13. The maximum absolute atomic E-state index is 13.2. The maximum Gasteiger partial charge on any atom is 0.184 e. The Hall–Kier alpha value is -1.46. The summed E-state index contributed by atoms with van der Waals surface area (Å²) in [5.74, 6) is -0.244. The highest BCUT2D eigenvalue weighted by atomic mass is 32.1. The van der Waals surface area contributed by atoms with E-state index in [0.717, 1.165) is 9.83 Å². The molecule has 1 unspecified atom stereocenters. The van der Waals surface area contributed by atoms with Crippen LogP contribution in [0, 0.1) is 19.7 Å². The minimum atomic E-state index is -0.244. The van der Waals surface area contributed by atoms with Gasteiger partial charge in [0.25, 0.3) is 0 Å². The molecule has 1 N–H and O–H groups in total. The van der Waals surface area contributed by atoms with Gasteiger partial charge in [-0.05, 0) is 44.5 Å². The van der Waals surface area contributed by atoms with E-state index in [1.165, 1.54) is 27.5 Å². The summed E-state index contributed by atoms with van der Waals surface area (Å²) in [6, 6.07) is 7.13. The molecule has 0 radical (unpaired) electrons. The molecule has 1 atom stereocenters. The van der Waals surface area contributed by atoms with Crippen molar-refractivity contribution in [3.05, 3.63) is 45.4 Å². The zero-order chi connectivity index (χ0) is 14.3. The molecule has 0 fully saturated rings. The average molecular weight is 306 g/mol. The monoisotopic (exact) mass is 306 g/mol. The number of nitrogens with zero attached hydrogens (tertiary/aromatic N) is 1. The number of anilines is 1. The van der Waals surface area contributed by atoms with Gasteiger partial charge >= 0.3 is 0 Å². The van der Waals surface area contributed by atoms with Crippen molar-refractivity contribution in [2.75, 3.05) is 5.32 Å². The fraction of sp³-hybridized carbons (Fsp3) is 0.267. The SMILES string of the molecule is Cc1cc(C(C)Nc2nc3cc(F)ccc3s2)c(C)s1. The zero-order valence-corrected chi connectivity index (χ0v) is 13.2. The van der Waals surface area contributed by atoms with E-state index in [9.17, 15) is 4.39 Å². The third kappa shape index (κ3) is 2.55. The van der Waals surface area contributed by atoms with E-state index in [1.807, 2.05) is 11.3 Å². The number of halogens is 1. The predicted octanol–water partition coefficient (Wildman–Crippen LogP) is 5.29. The zero-order valence-electron chi connectivity index (χ0n) is 11.5. The van der Waals surface area contributed by atoms with E-state index in [4.69, 9.17) is 0 Å². The van der Waals surface area contributed by atoms with E-state index in [0.29, 0.717) is 5.52 Å². The van der Waals surface area contributed by atoms with E-state index >= 15 is 0 Å². The molecule has 0 aliphatic carbocycles. The second kappa shape index (κ2) is 5.14. The van der Waals surface area contributed by atoms with Gasteiger partial charge in [-0.25, -0.2) is 9.37 Å². The molecule has 0 bridgehead atoms. The van der Waals surface area contributed by atoms with E-state index in [-0.39, 0.29) is 11.9 Å². The number of hydrogen-bond acceptors (Lipinski definition) is 4. The highest BCUT2D eigenvalue weighted by Crippen LogP contribution is 2.32. The van der Waals surface area contributed by atoms with Gasteiger partial charge in [-0.15, -0.1) is 11.3 Å². The van der Waals surface area contributed by atoms with E-state index in [1.54, 1.807) is 17.4 Å². The number of benzene rings is 1. The Morgan fingerprint density at radius 1 is 1.20 bits per heavy atom. The number of aromatic nitrogens is 1. The van der Waals surface area contributed by atoms with Gasteiger partial charge in [-0.1, -0.05) is 11.3 Å². The van der Waals surface area contributed by atoms with Gasteiger partial charge in [-0.2, -0.15) is 0 Å². The molecule has 0 saturated carbocycles. The molecule has 2 aromatic heterocycles. The normalized spacial score (nSPS) is 12.8. The van der Waals surface area contributed by atoms with Gasteiger partial charge in [-0.3, -0.25) is 0 Å². The minimum absolute atomic E-state index is 0.199. The standard InChI is InChI=1S/C15H15FN2S2/c1-8-6-12(10(3)19-8)9(2)17-15-18-13-7-11(16)4-5-14(13)20-15/h4-7,9H,1-3H3,(H,17,18). The van der Waals surface area contributed by atoms with Crippen LogP contribution in [0.1, 0.15) is 28.3 Å². The average Bonchev–Trinajstić information content (AvgIpc) is 2.91. The topological polar surface area (TPSA) is 24.9 Å². The Morgan fingerprint density at radius 2 is 2.00 bits per heavy atom. The number of thiophene rings is 1. The number of fused-ring (bicyclic) bond motifs is 1. The third-order valence-corrected chi connectivity index (χ3v) is 5.18. The summed E-state index contributed by atoms with van der Waals surface area (Å²) in [5.41, 5.74) is 2.01. The first-order valence-electron chi connectivity index (χ1n) is 6.42. The Kier molecular flexibility index (Phi) is 3.48. The van der Waals surface area contributed by atoms with Crippen LogP contribution < -0.4 is 5.32 Å². The maximum atomic E-state index is 13.2. The second-order valence-electron chi connectivity index (χ2n) is 4.87. The molecule has 0 amide bonds. The van der Waals surface area contributed by atoms with Crippen molar-refractivity contribution >= 4 is 38.0 Å². The quantitative estimate of drug-likeness (QED) is 0.711. The molecule has 2 heterocycles. The first kappa shape index (κ1) is 13.5. The van der Waals surface area contributed by atoms with Crippen molar-refractivity contribution < 1.29 is 4.39 Å². The lowest BCUT2D eigenvalue weighted by atomic mass is 10.1. The first-order chi connectivity index (χ1) is 9.52. The van der Waals surface area contributed by atoms with Crippen LogP contribution in [-0.4, -0.2) is 4.98 Å². The summed E-state index contributed by atoms with van der Waals surface area (Å²) in [6.45, 7) is 6.38. The summed E-state index contributed by atoms with van der Waals surface area (Å²) in [7, 11) is 0. The Balaban J connectivity index is 1.87. The number of rotatable bonds is 3. The van der Waals surface area contributed by atoms with Crippen LogP contribution in [0.2, 0.25) is 0 Å². The van der Waals surface area contributed by atoms with Crippen LogP contribution in [0.5, 0.6) is 0 Å². The molecule has 2 nitrogen and oxygen atoms in total. The van der Waals surface area contributed by atoms with Gasteiger partial charge in [0.15, 0.2) is 5.13 Å². The molecule has 0 aliphatic rings. The molecule has 104 valence electrons. The summed E-state index contributed by atoms with van der Waals surface area (Å²) in [5, 5.41) is 4.25. The van der Waals surface area contributed by atoms with Gasteiger partial charge in [0.2, 0.25) is 0 Å². The fourth-order valence-corrected chi connectivity index (χ4v) is 4.26. The van der Waals surface area contributed by atoms with Crippen LogP contribution in [0.15, 0.2) is 24.3 Å². The van der Waals surface area contributed by atoms with Crippen molar-refractivity contribution in [3.8, 4) is 0 Å². The van der Waals surface area contributed by atoms with E-state index in [2.05, 4.69) is 37.1 Å². The van der Waals surface area contributed by atoms with Crippen molar-refractivity contribution in [2.24, 2.45) is 0 Å². The molecule has 1 aromatic carbocycles. The van der Waals surface area contributed by atoms with Crippen LogP contribution in [0.25, 0.3) is 10.2 Å². The molecular formula is C15H15FN2S2. The summed E-state index contributed by atoms with van der Waals surface area (Å²) in [6.07, 6.45) is 0. The summed E-state index contributed by atoms with van der Waals surface area (Å²) < 4.78 is 14.2. The largest absolute Gasteiger partial charge is 0.355 e. The van der Waals surface area contributed by atoms with Crippen molar-refractivity contribution in [1.82, 2.24) is 4.98 Å². The fourth-order valence-electron chi connectivity index (χ4n) is 2.31. The Bertz CT molecular complexity index is 760. The van der Waals surface area contributed by atoms with Crippen LogP contribution in [0.3, 0.4) is 0 Å². The van der Waals surface area contributed by atoms with Gasteiger partial charge in [0, 0.05) is 15.8 Å². The lowest BCUT2D eigenvalue weighted by molar-refractivity contribution is 0.629. The molecular weight excluding hydrogens is 291 g/mol. The summed E-state index contributed by atoms with van der Waals surface area (Å²) in [4.78, 5) is 7.09. The van der Waals surface area contributed by atoms with Crippen LogP contribution in [0.4, 0.5) is 9.52 Å². The third-order valence-electron chi connectivity index (χ3n) is 3.24. The molecule has 3 aromatic rings. The van der Waals surface area contributed by atoms with Crippen LogP contribution >= 0.6 is 22.7 Å². The number of hydrogen-bond donors (Lipinski definition) is 1. The molecule has 3 rings (SSSR count). The van der Waals surface area contributed by atoms with Crippen molar-refractivity contribution in [2.45, 2.75) is 26.8 Å². The first-order valence-corrected chi connectivity index (χ1v) is 8.06. The van der Waals surface area contributed by atoms with Gasteiger partial charge in [0.1, 0.15) is 5.82 Å². The Labute approximate surface area is 125 Å². The van der Waals surface area contributed by atoms with Gasteiger partial charge < -0.3 is 5.32 Å². The molecule has 20 heavy (non-hydrogen) atoms. The number of thiazole rings is 1. The highest BCUT2D eigenvalue weighted by molar-refractivity contribution is 7.22. The molecule has 0 spiro atoms.